The maximum absolute atomic E-state index is 11.9. The minimum Gasteiger partial charge on any atom is -0.316 e. The van der Waals surface area contributed by atoms with E-state index in [0.717, 1.165) is 28.3 Å². The van der Waals surface area contributed by atoms with E-state index in [2.05, 4.69) is 23.3 Å². The van der Waals surface area contributed by atoms with Crippen LogP contribution in [0.25, 0.3) is 0 Å². The zero-order chi connectivity index (χ0) is 16.2. The van der Waals surface area contributed by atoms with E-state index in [1.165, 1.54) is 24.1 Å². The second kappa shape index (κ2) is 7.28. The number of rotatable bonds is 5. The first-order valence-electron chi connectivity index (χ1n) is 7.91. The molecule has 0 aliphatic carbocycles. The number of hydrogen-bond acceptors (Lipinski definition) is 3. The van der Waals surface area contributed by atoms with Gasteiger partial charge >= 0.3 is 0 Å². The predicted octanol–water partition coefficient (Wildman–Crippen LogP) is 4.92. The van der Waals surface area contributed by atoms with Crippen molar-refractivity contribution in [1.82, 2.24) is 0 Å². The van der Waals surface area contributed by atoms with Gasteiger partial charge in [0.25, 0.3) is 0 Å². The summed E-state index contributed by atoms with van der Waals surface area (Å²) in [5.74, 6) is -0.0738. The van der Waals surface area contributed by atoms with Gasteiger partial charge in [-0.25, -0.2) is 0 Å². The van der Waals surface area contributed by atoms with E-state index in [0.29, 0.717) is 5.02 Å². The molecule has 0 radical (unpaired) electrons. The smallest absolute Gasteiger partial charge is 0.246 e. The van der Waals surface area contributed by atoms with E-state index in [1.807, 2.05) is 24.3 Å². The highest BCUT2D eigenvalue weighted by atomic mass is 35.5. The lowest BCUT2D eigenvalue weighted by molar-refractivity contribution is -0.114. The van der Waals surface area contributed by atoms with E-state index in [1.54, 1.807) is 11.3 Å². The summed E-state index contributed by atoms with van der Waals surface area (Å²) in [7, 11) is 0. The van der Waals surface area contributed by atoms with Crippen molar-refractivity contribution < 1.29 is 4.79 Å². The van der Waals surface area contributed by atoms with Gasteiger partial charge in [-0.1, -0.05) is 49.6 Å². The number of carbonyl (C=O) groups is 1. The molecule has 0 saturated carbocycles. The minimum absolute atomic E-state index is 0.0738. The van der Waals surface area contributed by atoms with Gasteiger partial charge in [-0.05, 0) is 25.0 Å². The summed E-state index contributed by atoms with van der Waals surface area (Å²) in [5, 5.41) is 4.52. The van der Waals surface area contributed by atoms with Gasteiger partial charge in [0.15, 0.2) is 0 Å². The number of nitrogens with zero attached hydrogens (tertiary/aromatic N) is 1. The predicted molar refractivity (Wildman–Crippen MR) is 98.1 cm³/mol. The summed E-state index contributed by atoms with van der Waals surface area (Å²) in [4.78, 5) is 17.7. The molecule has 1 N–H and O–H groups in total. The summed E-state index contributed by atoms with van der Waals surface area (Å²) in [5.41, 5.74) is 2.67. The molecule has 1 amide bonds. The van der Waals surface area contributed by atoms with E-state index in [4.69, 9.17) is 11.6 Å². The highest BCUT2D eigenvalue weighted by Gasteiger charge is 2.22. The van der Waals surface area contributed by atoms with Crippen molar-refractivity contribution in [2.45, 2.75) is 32.6 Å². The van der Waals surface area contributed by atoms with Gasteiger partial charge in [0.1, 0.15) is 11.5 Å². The third-order valence-corrected chi connectivity index (χ3v) is 5.27. The zero-order valence-electron chi connectivity index (χ0n) is 13.1. The minimum atomic E-state index is -0.0738. The van der Waals surface area contributed by atoms with Crippen LogP contribution in [0, 0.1) is 0 Å². The molecule has 0 saturated heterocycles. The maximum Gasteiger partial charge on any atom is 0.246 e. The Kier molecular flexibility index (Phi) is 5.13. The fourth-order valence-corrected chi connectivity index (χ4v) is 4.01. The molecule has 3 rings (SSSR count). The van der Waals surface area contributed by atoms with Gasteiger partial charge < -0.3 is 5.32 Å². The quantitative estimate of drug-likeness (QED) is 0.767. The number of unbranched alkanes of at least 4 members (excludes halogenated alkanes) is 2. The van der Waals surface area contributed by atoms with Gasteiger partial charge in [-0.3, -0.25) is 9.79 Å². The third-order valence-electron chi connectivity index (χ3n) is 3.83. The molecule has 2 aromatic rings. The number of anilines is 1. The van der Waals surface area contributed by atoms with Gasteiger partial charge in [0, 0.05) is 21.0 Å². The van der Waals surface area contributed by atoms with Crippen molar-refractivity contribution in [3.8, 4) is 0 Å². The lowest BCUT2D eigenvalue weighted by Crippen LogP contribution is -2.12. The molecular weight excluding hydrogens is 328 g/mol. The van der Waals surface area contributed by atoms with Gasteiger partial charge in [-0.15, -0.1) is 11.3 Å². The molecular formula is C18H19ClN2OS. The monoisotopic (exact) mass is 346 g/mol. The van der Waals surface area contributed by atoms with E-state index < -0.39 is 0 Å². The molecule has 1 aliphatic heterocycles. The summed E-state index contributed by atoms with van der Waals surface area (Å²) < 4.78 is 0. The molecule has 0 fully saturated rings. The first kappa shape index (κ1) is 16.2. The molecule has 2 heterocycles. The van der Waals surface area contributed by atoms with Crippen LogP contribution in [0.4, 0.5) is 5.00 Å². The van der Waals surface area contributed by atoms with Gasteiger partial charge in [0.05, 0.1) is 5.71 Å². The first-order valence-corrected chi connectivity index (χ1v) is 9.10. The molecule has 0 unspecified atom stereocenters. The summed E-state index contributed by atoms with van der Waals surface area (Å²) >= 11 is 7.99. The van der Waals surface area contributed by atoms with Crippen LogP contribution in [0.2, 0.25) is 5.02 Å². The normalized spacial score (nSPS) is 14.0. The number of amides is 1. The van der Waals surface area contributed by atoms with Crippen LogP contribution in [0.1, 0.15) is 42.2 Å². The van der Waals surface area contributed by atoms with Gasteiger partial charge in [0.2, 0.25) is 5.91 Å². The van der Waals surface area contributed by atoms with Crippen molar-refractivity contribution in [3.05, 3.63) is 51.4 Å². The van der Waals surface area contributed by atoms with Crippen molar-refractivity contribution in [2.75, 3.05) is 11.9 Å². The van der Waals surface area contributed by atoms with Crippen LogP contribution in [0.5, 0.6) is 0 Å². The van der Waals surface area contributed by atoms with Crippen LogP contribution >= 0.6 is 22.9 Å². The molecule has 1 aliphatic rings. The second-order valence-electron chi connectivity index (χ2n) is 5.61. The van der Waals surface area contributed by atoms with Crippen LogP contribution in [-0.2, 0) is 11.2 Å². The van der Waals surface area contributed by atoms with Gasteiger partial charge in [-0.2, -0.15) is 0 Å². The Bertz CT molecular complexity index is 751. The first-order chi connectivity index (χ1) is 11.2. The summed E-state index contributed by atoms with van der Waals surface area (Å²) in [6, 6.07) is 9.81. The fourth-order valence-electron chi connectivity index (χ4n) is 2.67. The van der Waals surface area contributed by atoms with Crippen LogP contribution in [0.3, 0.4) is 0 Å². The van der Waals surface area contributed by atoms with Crippen molar-refractivity contribution in [1.29, 1.82) is 0 Å². The van der Waals surface area contributed by atoms with E-state index >= 15 is 0 Å². The third kappa shape index (κ3) is 3.65. The van der Waals surface area contributed by atoms with Crippen molar-refractivity contribution in [2.24, 2.45) is 4.99 Å². The number of halogens is 1. The molecule has 5 heteroatoms. The number of fused-ring (bicyclic) bond motifs is 1. The Morgan fingerprint density at radius 2 is 2.09 bits per heavy atom. The second-order valence-corrected chi connectivity index (χ2v) is 7.15. The topological polar surface area (TPSA) is 41.5 Å². The van der Waals surface area contributed by atoms with Crippen molar-refractivity contribution >= 4 is 39.6 Å². The molecule has 3 nitrogen and oxygen atoms in total. The average Bonchev–Trinajstić information content (AvgIpc) is 2.85. The standard InChI is InChI=1S/C18H19ClN2OS/c1-2-3-4-7-12-10-14-17(13-8-5-6-9-15(13)19)20-11-16(22)21-18(14)23-12/h5-6,8-10H,2-4,7,11H2,1H3,(H,21,22). The zero-order valence-corrected chi connectivity index (χ0v) is 14.6. The molecule has 1 aromatic heterocycles. The number of carbonyl (C=O) groups excluding carboxylic acids is 1. The molecule has 0 spiro atoms. The van der Waals surface area contributed by atoms with Crippen molar-refractivity contribution in [3.63, 3.8) is 0 Å². The molecule has 0 atom stereocenters. The Balaban J connectivity index is 1.99. The molecule has 120 valence electrons. The molecule has 0 bridgehead atoms. The number of hydrogen-bond donors (Lipinski definition) is 1. The Labute approximate surface area is 145 Å². The Hall–Kier alpha value is -1.65. The highest BCUT2D eigenvalue weighted by molar-refractivity contribution is 7.16. The Morgan fingerprint density at radius 3 is 2.87 bits per heavy atom. The number of aryl methyl sites for hydroxylation is 1. The SMILES string of the molecule is CCCCCc1cc2c(s1)NC(=O)CN=C2c1ccccc1Cl. The number of benzene rings is 1. The highest BCUT2D eigenvalue weighted by Crippen LogP contribution is 2.34. The fraction of sp³-hybridized carbons (Fsp3) is 0.333. The number of thiophene rings is 1. The lowest BCUT2D eigenvalue weighted by Gasteiger charge is -2.07. The molecule has 23 heavy (non-hydrogen) atoms. The molecule has 1 aromatic carbocycles. The average molecular weight is 347 g/mol. The summed E-state index contributed by atoms with van der Waals surface area (Å²) in [6.45, 7) is 2.33. The number of aliphatic imine (C=N–C) groups is 1. The van der Waals surface area contributed by atoms with Crippen LogP contribution < -0.4 is 5.32 Å². The summed E-state index contributed by atoms with van der Waals surface area (Å²) in [6.07, 6.45) is 4.63. The van der Waals surface area contributed by atoms with E-state index in [9.17, 15) is 4.79 Å². The largest absolute Gasteiger partial charge is 0.316 e. The maximum atomic E-state index is 11.9. The van der Waals surface area contributed by atoms with Crippen LogP contribution in [-0.4, -0.2) is 18.2 Å². The number of nitrogens with one attached hydrogen (secondary N) is 1. The van der Waals surface area contributed by atoms with Crippen LogP contribution in [0.15, 0.2) is 35.3 Å². The van der Waals surface area contributed by atoms with E-state index in [-0.39, 0.29) is 12.5 Å². The lowest BCUT2D eigenvalue weighted by atomic mass is 10.0. The Morgan fingerprint density at radius 1 is 1.26 bits per heavy atom.